The van der Waals surface area contributed by atoms with Crippen molar-refractivity contribution in [3.8, 4) is 0 Å². The number of amides is 1. The summed E-state index contributed by atoms with van der Waals surface area (Å²) in [7, 11) is 0. The minimum atomic E-state index is -0.266. The zero-order valence-corrected chi connectivity index (χ0v) is 7.01. The lowest BCUT2D eigenvalue weighted by molar-refractivity contribution is -0.111. The number of carbonyl (C=O) groups excluding carboxylic acids is 1. The highest BCUT2D eigenvalue weighted by Gasteiger charge is 1.96. The number of halogens is 1. The second-order valence-electron chi connectivity index (χ2n) is 2.06. The second-order valence-corrected chi connectivity index (χ2v) is 2.45. The Bertz CT molecular complexity index is 312. The molecule has 0 aliphatic carbocycles. The number of carbonyl (C=O) groups is 1. The monoisotopic (exact) mass is 182 g/mol. The van der Waals surface area contributed by atoms with Crippen LogP contribution in [-0.4, -0.2) is 10.9 Å². The van der Waals surface area contributed by atoms with E-state index >= 15 is 0 Å². The standard InChI is InChI=1S/C8H7ClN2O/c1-2-8(12)11-6-3-4-10-7(9)5-6/h2-5H,1H2,(H,10,11,12). The Morgan fingerprint density at radius 1 is 1.75 bits per heavy atom. The third-order valence-electron chi connectivity index (χ3n) is 1.18. The van der Waals surface area contributed by atoms with E-state index in [1.54, 1.807) is 12.1 Å². The Kier molecular flexibility index (Phi) is 2.82. The molecule has 0 aliphatic rings. The van der Waals surface area contributed by atoms with Crippen LogP contribution in [-0.2, 0) is 4.79 Å². The van der Waals surface area contributed by atoms with Gasteiger partial charge in [-0.15, -0.1) is 0 Å². The van der Waals surface area contributed by atoms with E-state index in [1.165, 1.54) is 12.3 Å². The van der Waals surface area contributed by atoms with Crippen molar-refractivity contribution in [2.45, 2.75) is 0 Å². The molecular formula is C8H7ClN2O. The summed E-state index contributed by atoms with van der Waals surface area (Å²) in [4.78, 5) is 14.6. The molecule has 0 saturated carbocycles. The maximum absolute atomic E-state index is 10.8. The average molecular weight is 183 g/mol. The largest absolute Gasteiger partial charge is 0.322 e. The maximum atomic E-state index is 10.8. The van der Waals surface area contributed by atoms with Crippen molar-refractivity contribution in [2.75, 3.05) is 5.32 Å². The van der Waals surface area contributed by atoms with Crippen LogP contribution in [0.25, 0.3) is 0 Å². The SMILES string of the molecule is C=CC(=O)Nc1ccnc(Cl)c1. The van der Waals surface area contributed by atoms with E-state index in [2.05, 4.69) is 16.9 Å². The zero-order valence-electron chi connectivity index (χ0n) is 6.25. The molecule has 3 nitrogen and oxygen atoms in total. The first kappa shape index (κ1) is 8.74. The molecule has 0 unspecified atom stereocenters. The molecule has 1 N–H and O–H groups in total. The molecule has 1 aromatic heterocycles. The van der Waals surface area contributed by atoms with Gasteiger partial charge in [-0.25, -0.2) is 4.98 Å². The molecule has 0 bridgehead atoms. The van der Waals surface area contributed by atoms with E-state index in [0.29, 0.717) is 10.8 Å². The quantitative estimate of drug-likeness (QED) is 0.561. The normalized spacial score (nSPS) is 9.08. The highest BCUT2D eigenvalue weighted by molar-refractivity contribution is 6.29. The van der Waals surface area contributed by atoms with Crippen LogP contribution in [0, 0.1) is 0 Å². The van der Waals surface area contributed by atoms with E-state index in [4.69, 9.17) is 11.6 Å². The molecule has 0 saturated heterocycles. The Labute approximate surface area is 75.1 Å². The molecule has 1 aromatic rings. The lowest BCUT2D eigenvalue weighted by atomic mass is 10.4. The highest BCUT2D eigenvalue weighted by Crippen LogP contribution is 2.11. The van der Waals surface area contributed by atoms with Crippen LogP contribution in [0.15, 0.2) is 31.0 Å². The summed E-state index contributed by atoms with van der Waals surface area (Å²) in [6, 6.07) is 3.20. The second kappa shape index (κ2) is 3.88. The van der Waals surface area contributed by atoms with Crippen molar-refractivity contribution in [3.63, 3.8) is 0 Å². The number of hydrogen-bond acceptors (Lipinski definition) is 2. The zero-order chi connectivity index (χ0) is 8.97. The number of pyridine rings is 1. The van der Waals surface area contributed by atoms with E-state index < -0.39 is 0 Å². The van der Waals surface area contributed by atoms with Crippen molar-refractivity contribution in [1.82, 2.24) is 4.98 Å². The van der Waals surface area contributed by atoms with Crippen molar-refractivity contribution in [1.29, 1.82) is 0 Å². The van der Waals surface area contributed by atoms with Gasteiger partial charge in [0.15, 0.2) is 0 Å². The third kappa shape index (κ3) is 2.36. The van der Waals surface area contributed by atoms with Gasteiger partial charge in [0.1, 0.15) is 5.15 Å². The lowest BCUT2D eigenvalue weighted by Gasteiger charge is -2.00. The van der Waals surface area contributed by atoms with Crippen LogP contribution >= 0.6 is 11.6 Å². The van der Waals surface area contributed by atoms with Crippen LogP contribution < -0.4 is 5.32 Å². The Morgan fingerprint density at radius 3 is 3.08 bits per heavy atom. The lowest BCUT2D eigenvalue weighted by Crippen LogP contribution is -2.06. The molecule has 62 valence electrons. The Balaban J connectivity index is 2.76. The van der Waals surface area contributed by atoms with Crippen LogP contribution in [0.5, 0.6) is 0 Å². The summed E-state index contributed by atoms with van der Waals surface area (Å²) in [5.74, 6) is -0.266. The number of anilines is 1. The molecule has 1 amide bonds. The molecule has 0 atom stereocenters. The Hall–Kier alpha value is -1.35. The molecule has 0 aromatic carbocycles. The Morgan fingerprint density at radius 2 is 2.50 bits per heavy atom. The van der Waals surface area contributed by atoms with Gasteiger partial charge in [-0.3, -0.25) is 4.79 Å². The van der Waals surface area contributed by atoms with Crippen LogP contribution in [0.2, 0.25) is 5.15 Å². The minimum Gasteiger partial charge on any atom is -0.322 e. The van der Waals surface area contributed by atoms with Crippen LogP contribution in [0.4, 0.5) is 5.69 Å². The van der Waals surface area contributed by atoms with Gasteiger partial charge in [-0.05, 0) is 18.2 Å². The van der Waals surface area contributed by atoms with Crippen molar-refractivity contribution in [2.24, 2.45) is 0 Å². The molecule has 1 heterocycles. The summed E-state index contributed by atoms with van der Waals surface area (Å²) >= 11 is 5.58. The number of nitrogens with one attached hydrogen (secondary N) is 1. The van der Waals surface area contributed by atoms with Gasteiger partial charge in [0, 0.05) is 11.9 Å². The fourth-order valence-corrected chi connectivity index (χ4v) is 0.847. The van der Waals surface area contributed by atoms with Crippen LogP contribution in [0.3, 0.4) is 0 Å². The van der Waals surface area contributed by atoms with Gasteiger partial charge in [0.05, 0.1) is 0 Å². The molecule has 12 heavy (non-hydrogen) atoms. The molecule has 0 radical (unpaired) electrons. The summed E-state index contributed by atoms with van der Waals surface area (Å²) in [6.07, 6.45) is 2.70. The van der Waals surface area contributed by atoms with E-state index in [0.717, 1.165) is 0 Å². The maximum Gasteiger partial charge on any atom is 0.247 e. The topological polar surface area (TPSA) is 42.0 Å². The predicted octanol–water partition coefficient (Wildman–Crippen LogP) is 1.86. The number of nitrogens with zero attached hydrogens (tertiary/aromatic N) is 1. The smallest absolute Gasteiger partial charge is 0.247 e. The van der Waals surface area contributed by atoms with Crippen molar-refractivity contribution >= 4 is 23.2 Å². The van der Waals surface area contributed by atoms with Gasteiger partial charge < -0.3 is 5.32 Å². The van der Waals surface area contributed by atoms with Crippen molar-refractivity contribution in [3.05, 3.63) is 36.1 Å². The van der Waals surface area contributed by atoms with E-state index in [9.17, 15) is 4.79 Å². The van der Waals surface area contributed by atoms with Gasteiger partial charge in [0.25, 0.3) is 0 Å². The highest BCUT2D eigenvalue weighted by atomic mass is 35.5. The summed E-state index contributed by atoms with van der Waals surface area (Å²) in [5.41, 5.74) is 0.611. The molecular weight excluding hydrogens is 176 g/mol. The molecule has 4 heteroatoms. The summed E-state index contributed by atoms with van der Waals surface area (Å²) < 4.78 is 0. The molecule has 0 spiro atoms. The fraction of sp³-hybridized carbons (Fsp3) is 0. The third-order valence-corrected chi connectivity index (χ3v) is 1.39. The average Bonchev–Trinajstić information content (AvgIpc) is 2.04. The summed E-state index contributed by atoms with van der Waals surface area (Å²) in [6.45, 7) is 3.32. The molecule has 1 rings (SSSR count). The summed E-state index contributed by atoms with van der Waals surface area (Å²) in [5, 5.41) is 2.90. The molecule has 0 aliphatic heterocycles. The first-order valence-electron chi connectivity index (χ1n) is 3.27. The van der Waals surface area contributed by atoms with Gasteiger partial charge >= 0.3 is 0 Å². The van der Waals surface area contributed by atoms with E-state index in [1.807, 2.05) is 0 Å². The van der Waals surface area contributed by atoms with Gasteiger partial charge in [-0.1, -0.05) is 18.2 Å². The number of hydrogen-bond donors (Lipinski definition) is 1. The first-order valence-corrected chi connectivity index (χ1v) is 3.65. The minimum absolute atomic E-state index is 0.266. The number of aromatic nitrogens is 1. The predicted molar refractivity (Wildman–Crippen MR) is 48.1 cm³/mol. The fourth-order valence-electron chi connectivity index (χ4n) is 0.674. The molecule has 0 fully saturated rings. The van der Waals surface area contributed by atoms with E-state index in [-0.39, 0.29) is 5.91 Å². The van der Waals surface area contributed by atoms with Gasteiger partial charge in [-0.2, -0.15) is 0 Å². The van der Waals surface area contributed by atoms with Crippen molar-refractivity contribution < 1.29 is 4.79 Å². The van der Waals surface area contributed by atoms with Crippen LogP contribution in [0.1, 0.15) is 0 Å². The number of rotatable bonds is 2. The van der Waals surface area contributed by atoms with Gasteiger partial charge in [0.2, 0.25) is 5.91 Å². The first-order chi connectivity index (χ1) is 5.72.